The van der Waals surface area contributed by atoms with E-state index in [-0.39, 0.29) is 18.2 Å². The van der Waals surface area contributed by atoms with Crippen molar-refractivity contribution in [1.29, 1.82) is 0 Å². The summed E-state index contributed by atoms with van der Waals surface area (Å²) in [7, 11) is 0. The summed E-state index contributed by atoms with van der Waals surface area (Å²) < 4.78 is 30.1. The molecule has 0 aliphatic carbocycles. The molecule has 8 heteroatoms. The Kier molecular flexibility index (Phi) is 4.46. The molecule has 112 valence electrons. The number of aliphatic carboxylic acids is 1. The predicted octanol–water partition coefficient (Wildman–Crippen LogP) is 2.58. The first-order chi connectivity index (χ1) is 9.95. The van der Waals surface area contributed by atoms with E-state index in [0.717, 1.165) is 0 Å². The molecule has 0 radical (unpaired) electrons. The molecule has 0 saturated carbocycles. The van der Waals surface area contributed by atoms with Gasteiger partial charge in [0.05, 0.1) is 24.9 Å². The van der Waals surface area contributed by atoms with E-state index in [9.17, 15) is 13.6 Å². The molecule has 0 aliphatic heterocycles. The largest absolute Gasteiger partial charge is 0.481 e. The number of alkyl halides is 2. The minimum absolute atomic E-state index is 0.0474. The lowest BCUT2D eigenvalue weighted by Crippen LogP contribution is -2.10. The number of aromatic nitrogens is 3. The van der Waals surface area contributed by atoms with Crippen molar-refractivity contribution < 1.29 is 23.4 Å². The molecule has 0 saturated heterocycles. The zero-order chi connectivity index (χ0) is 15.4. The van der Waals surface area contributed by atoms with Crippen LogP contribution in [0.5, 0.6) is 5.75 Å². The van der Waals surface area contributed by atoms with Gasteiger partial charge in [-0.3, -0.25) is 14.5 Å². The third-order valence-electron chi connectivity index (χ3n) is 2.79. The maximum absolute atomic E-state index is 12.2. The molecule has 1 unspecified atom stereocenters. The highest BCUT2D eigenvalue weighted by Gasteiger charge is 2.12. The number of carbonyl (C=O) groups is 1. The topological polar surface area (TPSA) is 77.2 Å². The van der Waals surface area contributed by atoms with Crippen molar-refractivity contribution in [2.24, 2.45) is 0 Å². The Bertz CT molecular complexity index is 631. The maximum atomic E-state index is 12.2. The van der Waals surface area contributed by atoms with Crippen LogP contribution in [0.4, 0.5) is 8.78 Å². The van der Waals surface area contributed by atoms with Crippen LogP contribution in [0.15, 0.2) is 30.9 Å². The fourth-order valence-electron chi connectivity index (χ4n) is 1.82. The van der Waals surface area contributed by atoms with Gasteiger partial charge in [0.15, 0.2) is 0 Å². The van der Waals surface area contributed by atoms with Crippen LogP contribution < -0.4 is 4.74 Å². The predicted molar refractivity (Wildman–Crippen MR) is 69.1 cm³/mol. The molecule has 2 aromatic heterocycles. The van der Waals surface area contributed by atoms with Gasteiger partial charge in [-0.05, 0) is 13.0 Å². The zero-order valence-electron chi connectivity index (χ0n) is 11.1. The second kappa shape index (κ2) is 6.29. The SMILES string of the molecule is CC(CC(=O)O)n1cc(-c2cncc(OC(F)F)c2)cn1. The minimum atomic E-state index is -2.92. The molecular formula is C13H13F2N3O3. The lowest BCUT2D eigenvalue weighted by atomic mass is 10.1. The van der Waals surface area contributed by atoms with E-state index in [0.29, 0.717) is 11.1 Å². The minimum Gasteiger partial charge on any atom is -0.481 e. The van der Waals surface area contributed by atoms with Crippen molar-refractivity contribution in [1.82, 2.24) is 14.8 Å². The van der Waals surface area contributed by atoms with Crippen molar-refractivity contribution >= 4 is 5.97 Å². The van der Waals surface area contributed by atoms with Crippen LogP contribution in [0.1, 0.15) is 19.4 Å². The standard InChI is InChI=1S/C13H13F2N3O3/c1-8(2-12(19)20)18-7-10(5-17-18)9-3-11(6-16-4-9)21-13(14)15/h3-8,13H,2H2,1H3,(H,19,20). The van der Waals surface area contributed by atoms with Gasteiger partial charge in [0.1, 0.15) is 5.75 Å². The Balaban J connectivity index is 2.19. The molecule has 0 fully saturated rings. The molecule has 1 N–H and O–H groups in total. The number of rotatable bonds is 6. The van der Waals surface area contributed by atoms with Gasteiger partial charge in [0.2, 0.25) is 0 Å². The fourth-order valence-corrected chi connectivity index (χ4v) is 1.82. The number of carboxylic acids is 1. The Labute approximate surface area is 119 Å². The smallest absolute Gasteiger partial charge is 0.387 e. The quantitative estimate of drug-likeness (QED) is 0.886. The summed E-state index contributed by atoms with van der Waals surface area (Å²) in [6.45, 7) is -1.19. The molecule has 0 bridgehead atoms. The summed E-state index contributed by atoms with van der Waals surface area (Å²) in [6, 6.07) is 1.10. The van der Waals surface area contributed by atoms with Crippen LogP contribution in [-0.2, 0) is 4.79 Å². The lowest BCUT2D eigenvalue weighted by molar-refractivity contribution is -0.137. The normalized spacial score (nSPS) is 12.4. The van der Waals surface area contributed by atoms with E-state index in [1.165, 1.54) is 29.3 Å². The molecule has 2 heterocycles. The summed E-state index contributed by atoms with van der Waals surface area (Å²) in [4.78, 5) is 14.5. The van der Waals surface area contributed by atoms with Gasteiger partial charge in [0, 0.05) is 23.5 Å². The summed E-state index contributed by atoms with van der Waals surface area (Å²) in [5.74, 6) is -0.970. The number of nitrogens with zero attached hydrogens (tertiary/aromatic N) is 3. The first-order valence-electron chi connectivity index (χ1n) is 6.12. The highest BCUT2D eigenvalue weighted by atomic mass is 19.3. The van der Waals surface area contributed by atoms with Crippen LogP contribution in [-0.4, -0.2) is 32.5 Å². The molecule has 0 aliphatic rings. The average Bonchev–Trinajstić information content (AvgIpc) is 2.87. The fraction of sp³-hybridized carbons (Fsp3) is 0.308. The van der Waals surface area contributed by atoms with Crippen molar-refractivity contribution in [3.8, 4) is 16.9 Å². The highest BCUT2D eigenvalue weighted by molar-refractivity contribution is 5.67. The Morgan fingerprint density at radius 1 is 1.38 bits per heavy atom. The van der Waals surface area contributed by atoms with E-state index in [4.69, 9.17) is 5.11 Å². The number of pyridine rings is 1. The summed E-state index contributed by atoms with van der Waals surface area (Å²) in [5, 5.41) is 12.8. The second-order valence-corrected chi connectivity index (χ2v) is 4.44. The summed E-state index contributed by atoms with van der Waals surface area (Å²) >= 11 is 0. The molecule has 2 rings (SSSR count). The number of ether oxygens (including phenoxy) is 1. The Hall–Kier alpha value is -2.51. The monoisotopic (exact) mass is 297 g/mol. The third-order valence-corrected chi connectivity index (χ3v) is 2.79. The zero-order valence-corrected chi connectivity index (χ0v) is 11.1. The summed E-state index contributed by atoms with van der Waals surface area (Å²) in [6.07, 6.45) is 5.76. The highest BCUT2D eigenvalue weighted by Crippen LogP contribution is 2.24. The summed E-state index contributed by atoms with van der Waals surface area (Å²) in [5.41, 5.74) is 1.20. The number of hydrogen-bond acceptors (Lipinski definition) is 4. The van der Waals surface area contributed by atoms with Crippen molar-refractivity contribution in [3.05, 3.63) is 30.9 Å². The van der Waals surface area contributed by atoms with Crippen LogP contribution in [0, 0.1) is 0 Å². The Morgan fingerprint density at radius 3 is 2.81 bits per heavy atom. The van der Waals surface area contributed by atoms with Gasteiger partial charge in [0.25, 0.3) is 0 Å². The van der Waals surface area contributed by atoms with E-state index < -0.39 is 12.6 Å². The van der Waals surface area contributed by atoms with E-state index >= 15 is 0 Å². The van der Waals surface area contributed by atoms with Gasteiger partial charge in [-0.25, -0.2) is 0 Å². The molecule has 0 amide bonds. The Morgan fingerprint density at radius 2 is 2.14 bits per heavy atom. The molecular weight excluding hydrogens is 284 g/mol. The van der Waals surface area contributed by atoms with Crippen LogP contribution in [0.2, 0.25) is 0 Å². The van der Waals surface area contributed by atoms with Crippen LogP contribution >= 0.6 is 0 Å². The van der Waals surface area contributed by atoms with E-state index in [1.807, 2.05) is 0 Å². The van der Waals surface area contributed by atoms with Gasteiger partial charge >= 0.3 is 12.6 Å². The lowest BCUT2D eigenvalue weighted by Gasteiger charge is -2.08. The maximum Gasteiger partial charge on any atom is 0.387 e. The second-order valence-electron chi connectivity index (χ2n) is 4.44. The third kappa shape index (κ3) is 3.98. The molecule has 6 nitrogen and oxygen atoms in total. The van der Waals surface area contributed by atoms with Crippen molar-refractivity contribution in [2.75, 3.05) is 0 Å². The molecule has 21 heavy (non-hydrogen) atoms. The van der Waals surface area contributed by atoms with Crippen LogP contribution in [0.25, 0.3) is 11.1 Å². The van der Waals surface area contributed by atoms with Gasteiger partial charge < -0.3 is 9.84 Å². The number of halogens is 2. The van der Waals surface area contributed by atoms with Crippen molar-refractivity contribution in [2.45, 2.75) is 26.0 Å². The first-order valence-corrected chi connectivity index (χ1v) is 6.12. The van der Waals surface area contributed by atoms with Crippen molar-refractivity contribution in [3.63, 3.8) is 0 Å². The molecule has 0 spiro atoms. The molecule has 1 atom stereocenters. The average molecular weight is 297 g/mol. The first kappa shape index (κ1) is 14.9. The molecule has 2 aromatic rings. The molecule has 0 aromatic carbocycles. The van der Waals surface area contributed by atoms with Gasteiger partial charge in [-0.2, -0.15) is 13.9 Å². The van der Waals surface area contributed by atoms with Crippen LogP contribution in [0.3, 0.4) is 0 Å². The van der Waals surface area contributed by atoms with Gasteiger partial charge in [-0.15, -0.1) is 0 Å². The van der Waals surface area contributed by atoms with E-state index in [1.54, 1.807) is 13.1 Å². The van der Waals surface area contributed by atoms with E-state index in [2.05, 4.69) is 14.8 Å². The number of hydrogen-bond donors (Lipinski definition) is 1. The number of carboxylic acid groups (broad SMARTS) is 1. The van der Waals surface area contributed by atoms with Gasteiger partial charge in [-0.1, -0.05) is 0 Å².